The van der Waals surface area contributed by atoms with Gasteiger partial charge in [0.25, 0.3) is 0 Å². The maximum Gasteiger partial charge on any atom is 0.244 e. The molecule has 1 aliphatic rings. The smallest absolute Gasteiger partial charge is 0.244 e. The maximum atomic E-state index is 13.4. The van der Waals surface area contributed by atoms with Gasteiger partial charge in [0.1, 0.15) is 11.9 Å². The molecule has 1 amide bonds. The Morgan fingerprint density at radius 1 is 1.53 bits per heavy atom. The number of carbonyl (C=O) groups excluding carboxylic acids is 1. The standard InChI is InChI=1S/C14H20FN3O/c1-10-7-17-14(19)13(8-16-2)18(9-10)12-5-3-4-11(15)6-12/h3-6,10,13,16H,7-9H2,1-2H3,(H,17,19). The molecular weight excluding hydrogens is 245 g/mol. The van der Waals surface area contributed by atoms with Gasteiger partial charge < -0.3 is 15.5 Å². The fourth-order valence-corrected chi connectivity index (χ4v) is 2.40. The monoisotopic (exact) mass is 265 g/mol. The van der Waals surface area contributed by atoms with Crippen molar-refractivity contribution in [3.05, 3.63) is 30.1 Å². The lowest BCUT2D eigenvalue weighted by Crippen LogP contribution is -2.49. The Kier molecular flexibility index (Phi) is 4.37. The van der Waals surface area contributed by atoms with Crippen LogP contribution in [0.5, 0.6) is 0 Å². The van der Waals surface area contributed by atoms with Gasteiger partial charge in [-0.2, -0.15) is 0 Å². The largest absolute Gasteiger partial charge is 0.358 e. The molecule has 5 heteroatoms. The molecule has 0 spiro atoms. The summed E-state index contributed by atoms with van der Waals surface area (Å²) < 4.78 is 13.4. The second kappa shape index (κ2) is 6.02. The topological polar surface area (TPSA) is 44.4 Å². The first kappa shape index (κ1) is 13.8. The summed E-state index contributed by atoms with van der Waals surface area (Å²) >= 11 is 0. The second-order valence-electron chi connectivity index (χ2n) is 5.06. The second-order valence-corrected chi connectivity index (χ2v) is 5.06. The lowest BCUT2D eigenvalue weighted by molar-refractivity contribution is -0.122. The number of hydrogen-bond donors (Lipinski definition) is 2. The number of likely N-dealkylation sites (N-methyl/N-ethyl adjacent to an activating group) is 1. The van der Waals surface area contributed by atoms with E-state index in [-0.39, 0.29) is 17.8 Å². The van der Waals surface area contributed by atoms with E-state index in [0.717, 1.165) is 12.2 Å². The van der Waals surface area contributed by atoms with E-state index in [1.54, 1.807) is 6.07 Å². The number of rotatable bonds is 3. The third kappa shape index (κ3) is 3.23. The lowest BCUT2D eigenvalue weighted by atomic mass is 10.1. The number of anilines is 1. The zero-order valence-electron chi connectivity index (χ0n) is 11.3. The number of hydrogen-bond acceptors (Lipinski definition) is 3. The highest BCUT2D eigenvalue weighted by Gasteiger charge is 2.30. The van der Waals surface area contributed by atoms with E-state index in [2.05, 4.69) is 17.6 Å². The van der Waals surface area contributed by atoms with E-state index in [1.807, 2.05) is 18.0 Å². The van der Waals surface area contributed by atoms with Crippen molar-refractivity contribution in [2.24, 2.45) is 5.92 Å². The first-order chi connectivity index (χ1) is 9.11. The SMILES string of the molecule is CNCC1C(=O)NCC(C)CN1c1cccc(F)c1. The molecule has 19 heavy (non-hydrogen) atoms. The van der Waals surface area contributed by atoms with Crippen molar-refractivity contribution in [2.75, 3.05) is 31.6 Å². The van der Waals surface area contributed by atoms with Gasteiger partial charge in [0.05, 0.1) is 0 Å². The lowest BCUT2D eigenvalue weighted by Gasteiger charge is -2.31. The van der Waals surface area contributed by atoms with Gasteiger partial charge in [0, 0.05) is 25.3 Å². The van der Waals surface area contributed by atoms with Gasteiger partial charge >= 0.3 is 0 Å². The Hall–Kier alpha value is -1.62. The molecule has 2 unspecified atom stereocenters. The predicted octanol–water partition coefficient (Wildman–Crippen LogP) is 0.986. The van der Waals surface area contributed by atoms with Crippen molar-refractivity contribution in [1.82, 2.24) is 10.6 Å². The molecule has 1 heterocycles. The van der Waals surface area contributed by atoms with Crippen LogP contribution in [0.25, 0.3) is 0 Å². The molecule has 0 saturated carbocycles. The summed E-state index contributed by atoms with van der Waals surface area (Å²) in [5.74, 6) is 0.0371. The van der Waals surface area contributed by atoms with Crippen LogP contribution in [0.4, 0.5) is 10.1 Å². The zero-order valence-corrected chi connectivity index (χ0v) is 11.3. The minimum absolute atomic E-state index is 0.0111. The molecule has 1 aliphatic heterocycles. The molecular formula is C14H20FN3O. The van der Waals surface area contributed by atoms with Gasteiger partial charge in [-0.25, -0.2) is 4.39 Å². The van der Waals surface area contributed by atoms with Crippen LogP contribution in [0.1, 0.15) is 6.92 Å². The number of carbonyl (C=O) groups is 1. The molecule has 0 radical (unpaired) electrons. The van der Waals surface area contributed by atoms with Gasteiger partial charge in [-0.3, -0.25) is 4.79 Å². The van der Waals surface area contributed by atoms with Crippen molar-refractivity contribution in [2.45, 2.75) is 13.0 Å². The number of nitrogens with one attached hydrogen (secondary N) is 2. The maximum absolute atomic E-state index is 13.4. The van der Waals surface area contributed by atoms with Crippen LogP contribution in [0.3, 0.4) is 0 Å². The molecule has 4 nitrogen and oxygen atoms in total. The minimum Gasteiger partial charge on any atom is -0.358 e. The van der Waals surface area contributed by atoms with E-state index >= 15 is 0 Å². The molecule has 2 atom stereocenters. The third-order valence-electron chi connectivity index (χ3n) is 3.35. The van der Waals surface area contributed by atoms with Gasteiger partial charge in [0.2, 0.25) is 5.91 Å². The Morgan fingerprint density at radius 2 is 2.32 bits per heavy atom. The fourth-order valence-electron chi connectivity index (χ4n) is 2.40. The molecule has 2 N–H and O–H groups in total. The summed E-state index contributed by atoms with van der Waals surface area (Å²) in [5.41, 5.74) is 0.754. The van der Waals surface area contributed by atoms with Gasteiger partial charge in [-0.1, -0.05) is 13.0 Å². The zero-order chi connectivity index (χ0) is 13.8. The van der Waals surface area contributed by atoms with Crippen LogP contribution in [0.15, 0.2) is 24.3 Å². The highest BCUT2D eigenvalue weighted by Crippen LogP contribution is 2.21. The summed E-state index contributed by atoms with van der Waals surface area (Å²) in [6.07, 6.45) is 0. The van der Waals surface area contributed by atoms with E-state index < -0.39 is 0 Å². The molecule has 1 aromatic rings. The van der Waals surface area contributed by atoms with E-state index in [9.17, 15) is 9.18 Å². The molecule has 104 valence electrons. The molecule has 0 bridgehead atoms. The quantitative estimate of drug-likeness (QED) is 0.856. The fraction of sp³-hybridized carbons (Fsp3) is 0.500. The van der Waals surface area contributed by atoms with Crippen molar-refractivity contribution in [3.63, 3.8) is 0 Å². The van der Waals surface area contributed by atoms with E-state index in [1.165, 1.54) is 12.1 Å². The first-order valence-electron chi connectivity index (χ1n) is 6.56. The van der Waals surface area contributed by atoms with Crippen molar-refractivity contribution < 1.29 is 9.18 Å². The van der Waals surface area contributed by atoms with Gasteiger partial charge in [-0.05, 0) is 31.2 Å². The van der Waals surface area contributed by atoms with Crippen molar-refractivity contribution >= 4 is 11.6 Å². The summed E-state index contributed by atoms with van der Waals surface area (Å²) in [6, 6.07) is 6.11. The summed E-state index contributed by atoms with van der Waals surface area (Å²) in [7, 11) is 1.81. The van der Waals surface area contributed by atoms with Crippen molar-refractivity contribution in [1.29, 1.82) is 0 Å². The average molecular weight is 265 g/mol. The normalized spacial score (nSPS) is 23.9. The predicted molar refractivity (Wildman–Crippen MR) is 73.6 cm³/mol. The number of benzene rings is 1. The van der Waals surface area contributed by atoms with Crippen molar-refractivity contribution in [3.8, 4) is 0 Å². The number of amides is 1. The van der Waals surface area contributed by atoms with Crippen LogP contribution < -0.4 is 15.5 Å². The highest BCUT2D eigenvalue weighted by molar-refractivity contribution is 5.86. The summed E-state index contributed by atoms with van der Waals surface area (Å²) in [5, 5.41) is 5.96. The average Bonchev–Trinajstić information content (AvgIpc) is 2.52. The van der Waals surface area contributed by atoms with E-state index in [4.69, 9.17) is 0 Å². The summed E-state index contributed by atoms with van der Waals surface area (Å²) in [4.78, 5) is 14.1. The molecule has 1 aromatic carbocycles. The number of halogens is 1. The first-order valence-corrected chi connectivity index (χ1v) is 6.56. The molecule has 0 aromatic heterocycles. The van der Waals surface area contributed by atoms with Gasteiger partial charge in [-0.15, -0.1) is 0 Å². The Balaban J connectivity index is 2.32. The third-order valence-corrected chi connectivity index (χ3v) is 3.35. The molecule has 1 saturated heterocycles. The van der Waals surface area contributed by atoms with Crippen LogP contribution >= 0.6 is 0 Å². The Morgan fingerprint density at radius 3 is 3.00 bits per heavy atom. The van der Waals surface area contributed by atoms with E-state index in [0.29, 0.717) is 19.0 Å². The van der Waals surface area contributed by atoms with Crippen LogP contribution in [0.2, 0.25) is 0 Å². The molecule has 1 fully saturated rings. The van der Waals surface area contributed by atoms with Crippen LogP contribution in [-0.4, -0.2) is 38.6 Å². The highest BCUT2D eigenvalue weighted by atomic mass is 19.1. The van der Waals surface area contributed by atoms with Crippen LogP contribution in [0, 0.1) is 11.7 Å². The minimum atomic E-state index is -0.309. The number of nitrogens with zero attached hydrogens (tertiary/aromatic N) is 1. The summed E-state index contributed by atoms with van der Waals surface area (Å²) in [6.45, 7) is 4.00. The Labute approximate surface area is 113 Å². The molecule has 0 aliphatic carbocycles. The van der Waals surface area contributed by atoms with Crippen LogP contribution in [-0.2, 0) is 4.79 Å². The Bertz CT molecular complexity index is 452. The molecule has 2 rings (SSSR count). The van der Waals surface area contributed by atoms with Gasteiger partial charge in [0.15, 0.2) is 0 Å².